The molecule has 1 atom stereocenters. The number of carbonyl (C=O) groups excluding carboxylic acids is 1. The summed E-state index contributed by atoms with van der Waals surface area (Å²) in [5, 5.41) is 16.0. The summed E-state index contributed by atoms with van der Waals surface area (Å²) >= 11 is 0. The minimum absolute atomic E-state index is 0.132. The van der Waals surface area contributed by atoms with E-state index >= 15 is 0 Å². The molecule has 1 aromatic heterocycles. The van der Waals surface area contributed by atoms with E-state index in [-0.39, 0.29) is 12.0 Å². The Kier molecular flexibility index (Phi) is 4.36. The third-order valence-electron chi connectivity index (χ3n) is 2.14. The van der Waals surface area contributed by atoms with Crippen LogP contribution in [0.15, 0.2) is 11.0 Å². The van der Waals surface area contributed by atoms with Crippen molar-refractivity contribution in [3.63, 3.8) is 0 Å². The van der Waals surface area contributed by atoms with Gasteiger partial charge in [-0.25, -0.2) is 9.59 Å². The smallest absolute Gasteiger partial charge is 0.408 e. The Balaban J connectivity index is 2.69. The van der Waals surface area contributed by atoms with Gasteiger partial charge in [0.25, 0.3) is 5.56 Å². The quantitative estimate of drug-likeness (QED) is 0.623. The number of aliphatic carboxylic acids is 1. The zero-order valence-electron chi connectivity index (χ0n) is 10.9. The Bertz CT molecular complexity index is 511. The lowest BCUT2D eigenvalue weighted by molar-refractivity contribution is -0.139. The number of nitrogens with one attached hydrogen (secondary N) is 3. The summed E-state index contributed by atoms with van der Waals surface area (Å²) in [4.78, 5) is 33.8. The third kappa shape index (κ3) is 4.86. The number of hydrogen-bond acceptors (Lipinski definition) is 4. The average Bonchev–Trinajstić information content (AvgIpc) is 2.60. The van der Waals surface area contributed by atoms with Gasteiger partial charge in [0.05, 0.1) is 0 Å². The van der Waals surface area contributed by atoms with E-state index in [0.717, 1.165) is 0 Å². The van der Waals surface area contributed by atoms with Crippen LogP contribution in [-0.4, -0.2) is 39.0 Å². The fourth-order valence-corrected chi connectivity index (χ4v) is 1.36. The zero-order chi connectivity index (χ0) is 14.6. The van der Waals surface area contributed by atoms with Gasteiger partial charge < -0.3 is 20.3 Å². The summed E-state index contributed by atoms with van der Waals surface area (Å²) in [6.45, 7) is 5.00. The maximum atomic E-state index is 11.5. The van der Waals surface area contributed by atoms with Gasteiger partial charge in [0.15, 0.2) is 0 Å². The highest BCUT2D eigenvalue weighted by atomic mass is 16.6. The van der Waals surface area contributed by atoms with Crippen molar-refractivity contribution in [1.82, 2.24) is 15.5 Å². The molecular formula is C11H17N3O5. The molecule has 0 saturated carbocycles. The number of H-pyrrole nitrogens is 2. The largest absolute Gasteiger partial charge is 0.480 e. The topological polar surface area (TPSA) is 124 Å². The Morgan fingerprint density at radius 2 is 2.11 bits per heavy atom. The number of ether oxygens (including phenoxy) is 1. The predicted molar refractivity (Wildman–Crippen MR) is 65.9 cm³/mol. The van der Waals surface area contributed by atoms with Crippen LogP contribution in [0.4, 0.5) is 4.79 Å². The van der Waals surface area contributed by atoms with Crippen LogP contribution in [0.3, 0.4) is 0 Å². The number of carboxylic acid groups (broad SMARTS) is 1. The second kappa shape index (κ2) is 5.59. The van der Waals surface area contributed by atoms with Crippen molar-refractivity contribution in [2.75, 3.05) is 0 Å². The van der Waals surface area contributed by atoms with E-state index in [1.165, 1.54) is 6.20 Å². The van der Waals surface area contributed by atoms with Gasteiger partial charge in [-0.1, -0.05) is 0 Å². The summed E-state index contributed by atoms with van der Waals surface area (Å²) in [7, 11) is 0. The molecule has 1 amide bonds. The molecule has 0 aliphatic carbocycles. The van der Waals surface area contributed by atoms with E-state index in [1.807, 2.05) is 0 Å². The van der Waals surface area contributed by atoms with Crippen LogP contribution in [0.1, 0.15) is 26.3 Å². The number of carboxylic acids is 1. The first-order valence-corrected chi connectivity index (χ1v) is 5.66. The SMILES string of the molecule is CC(C)(C)OC(=O)N[C@H](Cc1c[nH][nH]c1=O)C(=O)O. The number of hydrogen-bond donors (Lipinski definition) is 4. The highest BCUT2D eigenvalue weighted by molar-refractivity contribution is 5.80. The fraction of sp³-hybridized carbons (Fsp3) is 0.545. The first-order valence-electron chi connectivity index (χ1n) is 5.66. The van der Waals surface area contributed by atoms with Crippen molar-refractivity contribution in [2.24, 2.45) is 0 Å². The molecule has 8 nitrogen and oxygen atoms in total. The van der Waals surface area contributed by atoms with E-state index < -0.39 is 29.3 Å². The number of aromatic nitrogens is 2. The monoisotopic (exact) mass is 271 g/mol. The summed E-state index contributed by atoms with van der Waals surface area (Å²) in [6, 6.07) is -1.23. The maximum Gasteiger partial charge on any atom is 0.408 e. The number of rotatable bonds is 4. The van der Waals surface area contributed by atoms with Gasteiger partial charge in [-0.2, -0.15) is 0 Å². The molecule has 0 unspecified atom stereocenters. The molecule has 1 heterocycles. The molecule has 106 valence electrons. The van der Waals surface area contributed by atoms with Crippen LogP contribution in [0, 0.1) is 0 Å². The Morgan fingerprint density at radius 1 is 1.47 bits per heavy atom. The average molecular weight is 271 g/mol. The normalized spacial score (nSPS) is 12.8. The highest BCUT2D eigenvalue weighted by Crippen LogP contribution is 2.07. The van der Waals surface area contributed by atoms with E-state index in [2.05, 4.69) is 15.5 Å². The van der Waals surface area contributed by atoms with Crippen LogP contribution in [0.5, 0.6) is 0 Å². The lowest BCUT2D eigenvalue weighted by Gasteiger charge is -2.21. The second-order valence-corrected chi connectivity index (χ2v) is 5.01. The van der Waals surface area contributed by atoms with E-state index in [4.69, 9.17) is 9.84 Å². The molecule has 4 N–H and O–H groups in total. The van der Waals surface area contributed by atoms with Crippen molar-refractivity contribution in [2.45, 2.75) is 38.8 Å². The van der Waals surface area contributed by atoms with E-state index in [9.17, 15) is 14.4 Å². The van der Waals surface area contributed by atoms with Gasteiger partial charge in [0.2, 0.25) is 0 Å². The molecule has 0 bridgehead atoms. The van der Waals surface area contributed by atoms with Gasteiger partial charge in [0.1, 0.15) is 11.6 Å². The third-order valence-corrected chi connectivity index (χ3v) is 2.14. The van der Waals surface area contributed by atoms with Crippen molar-refractivity contribution >= 4 is 12.1 Å². The minimum Gasteiger partial charge on any atom is -0.480 e. The first-order chi connectivity index (χ1) is 8.69. The summed E-state index contributed by atoms with van der Waals surface area (Å²) < 4.78 is 4.96. The number of amides is 1. The van der Waals surface area contributed by atoms with Crippen molar-refractivity contribution in [3.05, 3.63) is 22.1 Å². The number of aromatic amines is 2. The van der Waals surface area contributed by atoms with Crippen molar-refractivity contribution < 1.29 is 19.4 Å². The standard InChI is InChI=1S/C11H17N3O5/c1-11(2,3)19-10(18)13-7(9(16)17)4-6-5-12-14-8(6)15/h5,7H,4H2,1-3H3,(H,13,18)(H,16,17)(H2,12,14,15)/t7-/m1/s1. The van der Waals surface area contributed by atoms with E-state index in [1.54, 1.807) is 20.8 Å². The first kappa shape index (κ1) is 14.8. The van der Waals surface area contributed by atoms with Gasteiger partial charge in [-0.15, -0.1) is 0 Å². The molecule has 1 aromatic rings. The zero-order valence-corrected chi connectivity index (χ0v) is 10.9. The van der Waals surface area contributed by atoms with E-state index in [0.29, 0.717) is 0 Å². The molecular weight excluding hydrogens is 254 g/mol. The van der Waals surface area contributed by atoms with Gasteiger partial charge in [-0.05, 0) is 20.8 Å². The van der Waals surface area contributed by atoms with Crippen molar-refractivity contribution in [3.8, 4) is 0 Å². The summed E-state index contributed by atoms with van der Waals surface area (Å²) in [5.74, 6) is -1.24. The Hall–Kier alpha value is -2.25. The van der Waals surface area contributed by atoms with Crippen LogP contribution < -0.4 is 10.9 Å². The fourth-order valence-electron chi connectivity index (χ4n) is 1.36. The lowest BCUT2D eigenvalue weighted by atomic mass is 10.1. The van der Waals surface area contributed by atoms with Crippen LogP contribution in [0.2, 0.25) is 0 Å². The molecule has 19 heavy (non-hydrogen) atoms. The maximum absolute atomic E-state index is 11.5. The van der Waals surface area contributed by atoms with Crippen LogP contribution in [0.25, 0.3) is 0 Å². The van der Waals surface area contributed by atoms with Crippen molar-refractivity contribution in [1.29, 1.82) is 0 Å². The molecule has 0 radical (unpaired) electrons. The molecule has 0 saturated heterocycles. The molecule has 0 aromatic carbocycles. The second-order valence-electron chi connectivity index (χ2n) is 5.01. The number of alkyl carbamates (subject to hydrolysis) is 1. The molecule has 0 fully saturated rings. The lowest BCUT2D eigenvalue weighted by Crippen LogP contribution is -2.45. The Labute approximate surface area is 109 Å². The molecule has 0 spiro atoms. The minimum atomic E-state index is -1.24. The highest BCUT2D eigenvalue weighted by Gasteiger charge is 2.25. The van der Waals surface area contributed by atoms with Crippen LogP contribution in [-0.2, 0) is 16.0 Å². The van der Waals surface area contributed by atoms with Gasteiger partial charge in [0, 0.05) is 18.2 Å². The van der Waals surface area contributed by atoms with Gasteiger partial charge in [-0.3, -0.25) is 9.89 Å². The summed E-state index contributed by atoms with van der Waals surface area (Å²) in [5.41, 5.74) is -0.903. The Morgan fingerprint density at radius 3 is 2.53 bits per heavy atom. The van der Waals surface area contributed by atoms with Gasteiger partial charge >= 0.3 is 12.1 Å². The predicted octanol–water partition coefficient (Wildman–Crippen LogP) is 0.223. The molecule has 0 aliphatic rings. The molecule has 1 rings (SSSR count). The summed E-state index contributed by atoms with van der Waals surface area (Å²) in [6.07, 6.45) is 0.384. The number of carbonyl (C=O) groups is 2. The molecule has 8 heteroatoms. The van der Waals surface area contributed by atoms with Crippen LogP contribution >= 0.6 is 0 Å². The molecule has 0 aliphatic heterocycles.